The molecule has 0 aromatic carbocycles. The second-order valence-corrected chi connectivity index (χ2v) is 3.24. The van der Waals surface area contributed by atoms with Gasteiger partial charge >= 0.3 is 12.1 Å². The van der Waals surface area contributed by atoms with Crippen molar-refractivity contribution in [3.63, 3.8) is 0 Å². The van der Waals surface area contributed by atoms with Crippen LogP contribution >= 0.6 is 0 Å². The second kappa shape index (κ2) is 2.66. The molecule has 5 nitrogen and oxygen atoms in total. The van der Waals surface area contributed by atoms with Crippen LogP contribution in [0.15, 0.2) is 0 Å². The van der Waals surface area contributed by atoms with Crippen LogP contribution in [0.1, 0.15) is 13.3 Å². The molecule has 0 spiro atoms. The zero-order valence-corrected chi connectivity index (χ0v) is 7.03. The molecule has 1 amide bonds. The molecule has 1 saturated heterocycles. The largest absolute Gasteiger partial charge is 0.481 e. The van der Waals surface area contributed by atoms with Crippen LogP contribution < -0.4 is 0 Å². The van der Waals surface area contributed by atoms with Crippen molar-refractivity contribution in [3.8, 4) is 0 Å². The number of carbonyl (C=O) groups is 2. The number of carboxylic acids is 1. The van der Waals surface area contributed by atoms with Crippen LogP contribution in [0.3, 0.4) is 0 Å². The van der Waals surface area contributed by atoms with E-state index in [4.69, 9.17) is 9.84 Å². The number of nitrogens with zero attached hydrogens (tertiary/aromatic N) is 1. The van der Waals surface area contributed by atoms with Gasteiger partial charge in [0.25, 0.3) is 0 Å². The van der Waals surface area contributed by atoms with Gasteiger partial charge in [0.1, 0.15) is 5.60 Å². The van der Waals surface area contributed by atoms with Gasteiger partial charge in [-0.25, -0.2) is 4.79 Å². The van der Waals surface area contributed by atoms with Gasteiger partial charge in [0, 0.05) is 7.05 Å². The number of cyclic esters (lactones) is 1. The fraction of sp³-hybridized carbons (Fsp3) is 0.714. The zero-order chi connectivity index (χ0) is 9.35. The predicted octanol–water partition coefficient (Wildman–Crippen LogP) is 0.302. The van der Waals surface area contributed by atoms with Gasteiger partial charge < -0.3 is 14.7 Å². The van der Waals surface area contributed by atoms with Gasteiger partial charge in [-0.3, -0.25) is 4.79 Å². The van der Waals surface area contributed by atoms with Crippen LogP contribution in [-0.4, -0.2) is 41.3 Å². The molecular formula is C7H11NO4. The maximum Gasteiger partial charge on any atom is 0.410 e. The van der Waals surface area contributed by atoms with Gasteiger partial charge in [-0.2, -0.15) is 0 Å². The number of likely N-dealkylation sites (N-methyl/N-ethyl adjacent to an activating group) is 1. The Bertz CT molecular complexity index is 223. The molecule has 0 radical (unpaired) electrons. The third kappa shape index (κ3) is 1.66. The fourth-order valence-electron chi connectivity index (χ4n) is 1.30. The van der Waals surface area contributed by atoms with E-state index in [1.807, 2.05) is 0 Å². The summed E-state index contributed by atoms with van der Waals surface area (Å²) in [6, 6.07) is 0. The molecule has 0 aromatic rings. The van der Waals surface area contributed by atoms with E-state index in [2.05, 4.69) is 0 Å². The third-order valence-electron chi connectivity index (χ3n) is 1.74. The SMILES string of the molecule is CN1CC(C)(CC(=O)O)OC1=O. The number of rotatable bonds is 2. The van der Waals surface area contributed by atoms with Gasteiger partial charge in [-0.15, -0.1) is 0 Å². The molecule has 0 aromatic heterocycles. The monoisotopic (exact) mass is 173 g/mol. The Morgan fingerprint density at radius 3 is 2.75 bits per heavy atom. The van der Waals surface area contributed by atoms with E-state index >= 15 is 0 Å². The second-order valence-electron chi connectivity index (χ2n) is 3.24. The lowest BCUT2D eigenvalue weighted by Gasteiger charge is -2.18. The van der Waals surface area contributed by atoms with Crippen LogP contribution in [0.4, 0.5) is 4.79 Å². The van der Waals surface area contributed by atoms with Crippen molar-refractivity contribution < 1.29 is 19.4 Å². The first-order valence-electron chi connectivity index (χ1n) is 3.59. The first-order valence-corrected chi connectivity index (χ1v) is 3.59. The molecule has 5 heteroatoms. The van der Waals surface area contributed by atoms with E-state index in [-0.39, 0.29) is 6.42 Å². The minimum Gasteiger partial charge on any atom is -0.481 e. The number of carbonyl (C=O) groups excluding carboxylic acids is 1. The molecule has 1 rings (SSSR count). The molecule has 1 heterocycles. The zero-order valence-electron chi connectivity index (χ0n) is 7.03. The quantitative estimate of drug-likeness (QED) is 0.652. The topological polar surface area (TPSA) is 66.8 Å². The van der Waals surface area contributed by atoms with E-state index < -0.39 is 17.7 Å². The smallest absolute Gasteiger partial charge is 0.410 e. The number of aliphatic carboxylic acids is 1. The van der Waals surface area contributed by atoms with Crippen molar-refractivity contribution >= 4 is 12.1 Å². The van der Waals surface area contributed by atoms with Crippen molar-refractivity contribution in [1.29, 1.82) is 0 Å². The van der Waals surface area contributed by atoms with Crippen molar-refractivity contribution in [2.45, 2.75) is 18.9 Å². The molecule has 0 aliphatic carbocycles. The molecule has 68 valence electrons. The lowest BCUT2D eigenvalue weighted by atomic mass is 10.0. The number of hydrogen-bond donors (Lipinski definition) is 1. The molecule has 1 unspecified atom stereocenters. The summed E-state index contributed by atoms with van der Waals surface area (Å²) in [7, 11) is 1.58. The molecule has 1 aliphatic rings. The first-order chi connectivity index (χ1) is 5.43. The summed E-state index contributed by atoms with van der Waals surface area (Å²) in [4.78, 5) is 22.6. The third-order valence-corrected chi connectivity index (χ3v) is 1.74. The minimum absolute atomic E-state index is 0.150. The molecule has 12 heavy (non-hydrogen) atoms. The van der Waals surface area contributed by atoms with Crippen molar-refractivity contribution in [2.24, 2.45) is 0 Å². The van der Waals surface area contributed by atoms with Crippen LogP contribution in [0, 0.1) is 0 Å². The van der Waals surface area contributed by atoms with Crippen LogP contribution in [0.5, 0.6) is 0 Å². The lowest BCUT2D eigenvalue weighted by Crippen LogP contribution is -2.32. The highest BCUT2D eigenvalue weighted by molar-refractivity contribution is 5.73. The van der Waals surface area contributed by atoms with E-state index in [0.717, 1.165) is 0 Å². The lowest BCUT2D eigenvalue weighted by molar-refractivity contribution is -0.140. The summed E-state index contributed by atoms with van der Waals surface area (Å²) >= 11 is 0. The number of amides is 1. The Balaban J connectivity index is 2.63. The maximum absolute atomic E-state index is 10.9. The van der Waals surface area contributed by atoms with Crippen LogP contribution in [0.2, 0.25) is 0 Å². The normalized spacial score (nSPS) is 28.8. The molecule has 0 bridgehead atoms. The van der Waals surface area contributed by atoms with E-state index in [1.54, 1.807) is 14.0 Å². The van der Waals surface area contributed by atoms with E-state index in [9.17, 15) is 9.59 Å². The average Bonchev–Trinajstić information content (AvgIpc) is 2.04. The Morgan fingerprint density at radius 2 is 2.42 bits per heavy atom. The van der Waals surface area contributed by atoms with Gasteiger partial charge in [0.15, 0.2) is 0 Å². The number of hydrogen-bond acceptors (Lipinski definition) is 3. The molecule has 1 aliphatic heterocycles. The Labute approximate surface area is 69.9 Å². The molecular weight excluding hydrogens is 162 g/mol. The van der Waals surface area contributed by atoms with Gasteiger partial charge in [0.05, 0.1) is 13.0 Å². The van der Waals surface area contributed by atoms with Crippen molar-refractivity contribution in [1.82, 2.24) is 4.90 Å². The molecule has 1 fully saturated rings. The first kappa shape index (κ1) is 8.83. The van der Waals surface area contributed by atoms with Gasteiger partial charge in [0.2, 0.25) is 0 Å². The Kier molecular flexibility index (Phi) is 1.95. The molecule has 1 N–H and O–H groups in total. The fourth-order valence-corrected chi connectivity index (χ4v) is 1.30. The highest BCUT2D eigenvalue weighted by Crippen LogP contribution is 2.24. The number of carboxylic acid groups (broad SMARTS) is 1. The summed E-state index contributed by atoms with van der Waals surface area (Å²) < 4.78 is 4.88. The van der Waals surface area contributed by atoms with Gasteiger partial charge in [-0.05, 0) is 6.92 Å². The summed E-state index contributed by atoms with van der Waals surface area (Å²) in [6.45, 7) is 1.95. The molecule has 0 saturated carbocycles. The van der Waals surface area contributed by atoms with E-state index in [1.165, 1.54) is 4.90 Å². The van der Waals surface area contributed by atoms with Crippen LogP contribution in [0.25, 0.3) is 0 Å². The minimum atomic E-state index is -0.958. The van der Waals surface area contributed by atoms with Crippen molar-refractivity contribution in [2.75, 3.05) is 13.6 Å². The Morgan fingerprint density at radius 1 is 1.83 bits per heavy atom. The number of ether oxygens (including phenoxy) is 1. The summed E-state index contributed by atoms with van der Waals surface area (Å²) in [5, 5.41) is 8.50. The average molecular weight is 173 g/mol. The van der Waals surface area contributed by atoms with Crippen molar-refractivity contribution in [3.05, 3.63) is 0 Å². The predicted molar refractivity (Wildman–Crippen MR) is 39.8 cm³/mol. The highest BCUT2D eigenvalue weighted by Gasteiger charge is 2.41. The molecule has 1 atom stereocenters. The Hall–Kier alpha value is -1.26. The standard InChI is InChI=1S/C7H11NO4/c1-7(3-5(9)10)4-8(2)6(11)12-7/h3-4H2,1-2H3,(H,9,10). The summed E-state index contributed by atoms with van der Waals surface area (Å²) in [5.74, 6) is -0.958. The summed E-state index contributed by atoms with van der Waals surface area (Å²) in [5.41, 5.74) is -0.863. The maximum atomic E-state index is 10.9. The van der Waals surface area contributed by atoms with E-state index in [0.29, 0.717) is 6.54 Å². The highest BCUT2D eigenvalue weighted by atomic mass is 16.6. The van der Waals surface area contributed by atoms with Gasteiger partial charge in [-0.1, -0.05) is 0 Å². The summed E-state index contributed by atoms with van der Waals surface area (Å²) in [6.07, 6.45) is -0.609. The van der Waals surface area contributed by atoms with Crippen LogP contribution in [-0.2, 0) is 9.53 Å².